The Bertz CT molecular complexity index is 432. The van der Waals surface area contributed by atoms with Crippen LogP contribution in [0.15, 0.2) is 24.3 Å². The zero-order valence-corrected chi connectivity index (χ0v) is 11.5. The van der Waals surface area contributed by atoms with Gasteiger partial charge in [0.25, 0.3) is 0 Å². The van der Waals surface area contributed by atoms with E-state index in [1.165, 1.54) is 0 Å². The molecule has 2 rings (SSSR count). The topological polar surface area (TPSA) is 51.1 Å². The van der Waals surface area contributed by atoms with Crippen LogP contribution in [0.5, 0.6) is 0 Å². The minimum atomic E-state index is 0.601. The van der Waals surface area contributed by atoms with E-state index >= 15 is 0 Å². The molecule has 0 bridgehead atoms. The molecular formula is C15H22N4. The lowest BCUT2D eigenvalue weighted by atomic mass is 10.1. The number of hydrogen-bond acceptors (Lipinski definition) is 4. The van der Waals surface area contributed by atoms with Crippen LogP contribution >= 0.6 is 0 Å². The van der Waals surface area contributed by atoms with E-state index in [1.54, 1.807) is 0 Å². The quantitative estimate of drug-likeness (QED) is 0.840. The van der Waals surface area contributed by atoms with Gasteiger partial charge in [0, 0.05) is 45.0 Å². The van der Waals surface area contributed by atoms with Gasteiger partial charge < -0.3 is 15.5 Å². The maximum atomic E-state index is 8.87. The molecule has 1 aromatic rings. The van der Waals surface area contributed by atoms with Crippen molar-refractivity contribution in [3.63, 3.8) is 0 Å². The maximum Gasteiger partial charge on any atom is 0.0992 e. The van der Waals surface area contributed by atoms with Crippen molar-refractivity contribution in [3.05, 3.63) is 29.8 Å². The first-order chi connectivity index (χ1) is 9.28. The first kappa shape index (κ1) is 13.9. The lowest BCUT2D eigenvalue weighted by Crippen LogP contribution is -2.45. The van der Waals surface area contributed by atoms with Crippen molar-refractivity contribution in [1.29, 1.82) is 5.26 Å². The highest BCUT2D eigenvalue weighted by molar-refractivity contribution is 5.49. The van der Waals surface area contributed by atoms with E-state index in [4.69, 9.17) is 5.26 Å². The zero-order valence-electron chi connectivity index (χ0n) is 11.5. The summed E-state index contributed by atoms with van der Waals surface area (Å²) in [4.78, 5) is 2.51. The van der Waals surface area contributed by atoms with E-state index in [2.05, 4.69) is 28.5 Å². The Kier molecular flexibility index (Phi) is 5.20. The fourth-order valence-electron chi connectivity index (χ4n) is 2.39. The summed E-state index contributed by atoms with van der Waals surface area (Å²) in [7, 11) is 0. The lowest BCUT2D eigenvalue weighted by molar-refractivity contribution is 0.215. The van der Waals surface area contributed by atoms with Gasteiger partial charge >= 0.3 is 0 Å². The van der Waals surface area contributed by atoms with Crippen LogP contribution < -0.4 is 10.6 Å². The summed E-state index contributed by atoms with van der Waals surface area (Å²) in [6, 6.07) is 9.83. The third-order valence-electron chi connectivity index (χ3n) is 3.43. The molecule has 4 nitrogen and oxygen atoms in total. The standard InChI is InChI=1S/C15H22N4/c1-13(12-19-7-5-17-6-8-19)11-18-15-4-2-3-14(9-15)10-16/h2-4,9,13,17-18H,5-8,11-12H2,1H3. The number of hydrogen-bond donors (Lipinski definition) is 2. The number of piperazine rings is 1. The van der Waals surface area contributed by atoms with Gasteiger partial charge in [-0.25, -0.2) is 0 Å². The molecule has 0 amide bonds. The van der Waals surface area contributed by atoms with Crippen LogP contribution in [0.2, 0.25) is 0 Å². The van der Waals surface area contributed by atoms with Crippen LogP contribution in [-0.2, 0) is 0 Å². The Morgan fingerprint density at radius 2 is 2.21 bits per heavy atom. The smallest absolute Gasteiger partial charge is 0.0992 e. The summed E-state index contributed by atoms with van der Waals surface area (Å²) in [6.07, 6.45) is 0. The second kappa shape index (κ2) is 7.13. The molecule has 1 aliphatic rings. The molecule has 19 heavy (non-hydrogen) atoms. The number of nitrogens with zero attached hydrogens (tertiary/aromatic N) is 2. The molecule has 1 atom stereocenters. The highest BCUT2D eigenvalue weighted by Crippen LogP contribution is 2.11. The minimum Gasteiger partial charge on any atom is -0.385 e. The third-order valence-corrected chi connectivity index (χ3v) is 3.43. The van der Waals surface area contributed by atoms with E-state index in [0.717, 1.165) is 45.0 Å². The number of nitriles is 1. The van der Waals surface area contributed by atoms with Crippen molar-refractivity contribution in [3.8, 4) is 6.07 Å². The molecule has 1 unspecified atom stereocenters. The minimum absolute atomic E-state index is 0.601. The number of benzene rings is 1. The second-order valence-corrected chi connectivity index (χ2v) is 5.23. The molecule has 0 radical (unpaired) electrons. The zero-order chi connectivity index (χ0) is 13.5. The van der Waals surface area contributed by atoms with Gasteiger partial charge in [0.2, 0.25) is 0 Å². The van der Waals surface area contributed by atoms with Crippen molar-refractivity contribution >= 4 is 5.69 Å². The predicted octanol–water partition coefficient (Wildman–Crippen LogP) is 1.51. The molecule has 0 aromatic heterocycles. The Labute approximate surface area is 115 Å². The molecule has 2 N–H and O–H groups in total. The molecule has 102 valence electrons. The average molecular weight is 258 g/mol. The molecule has 0 aliphatic carbocycles. The van der Waals surface area contributed by atoms with Gasteiger partial charge in [-0.1, -0.05) is 13.0 Å². The van der Waals surface area contributed by atoms with Crippen LogP contribution in [0.4, 0.5) is 5.69 Å². The Morgan fingerprint density at radius 3 is 2.95 bits per heavy atom. The van der Waals surface area contributed by atoms with Crippen molar-refractivity contribution < 1.29 is 0 Å². The molecule has 1 aromatic carbocycles. The normalized spacial score (nSPS) is 17.7. The monoisotopic (exact) mass is 258 g/mol. The van der Waals surface area contributed by atoms with Crippen molar-refractivity contribution in [2.75, 3.05) is 44.6 Å². The fraction of sp³-hybridized carbons (Fsp3) is 0.533. The van der Waals surface area contributed by atoms with Gasteiger partial charge in [-0.3, -0.25) is 0 Å². The second-order valence-electron chi connectivity index (χ2n) is 5.23. The van der Waals surface area contributed by atoms with Gasteiger partial charge in [-0.05, 0) is 24.1 Å². The summed E-state index contributed by atoms with van der Waals surface area (Å²) in [5.74, 6) is 0.601. The van der Waals surface area contributed by atoms with Crippen LogP contribution in [-0.4, -0.2) is 44.2 Å². The Balaban J connectivity index is 1.76. The summed E-state index contributed by atoms with van der Waals surface area (Å²) in [6.45, 7) is 8.84. The Morgan fingerprint density at radius 1 is 1.42 bits per heavy atom. The van der Waals surface area contributed by atoms with Crippen LogP contribution in [0.3, 0.4) is 0 Å². The van der Waals surface area contributed by atoms with Crippen molar-refractivity contribution in [2.24, 2.45) is 5.92 Å². The molecule has 1 heterocycles. The summed E-state index contributed by atoms with van der Waals surface area (Å²) >= 11 is 0. The average Bonchev–Trinajstić information content (AvgIpc) is 2.46. The van der Waals surface area contributed by atoms with Crippen molar-refractivity contribution in [2.45, 2.75) is 6.92 Å². The number of nitrogens with one attached hydrogen (secondary N) is 2. The molecule has 1 aliphatic heterocycles. The largest absolute Gasteiger partial charge is 0.385 e. The van der Waals surface area contributed by atoms with E-state index in [-0.39, 0.29) is 0 Å². The first-order valence-electron chi connectivity index (χ1n) is 6.95. The van der Waals surface area contributed by atoms with Crippen LogP contribution in [0.25, 0.3) is 0 Å². The number of rotatable bonds is 5. The van der Waals surface area contributed by atoms with E-state index in [9.17, 15) is 0 Å². The maximum absolute atomic E-state index is 8.87. The van der Waals surface area contributed by atoms with Crippen LogP contribution in [0.1, 0.15) is 12.5 Å². The fourth-order valence-corrected chi connectivity index (χ4v) is 2.39. The highest BCUT2D eigenvalue weighted by atomic mass is 15.2. The first-order valence-corrected chi connectivity index (χ1v) is 6.95. The van der Waals surface area contributed by atoms with Gasteiger partial charge in [0.1, 0.15) is 0 Å². The van der Waals surface area contributed by atoms with Gasteiger partial charge in [-0.15, -0.1) is 0 Å². The lowest BCUT2D eigenvalue weighted by Gasteiger charge is -2.29. The van der Waals surface area contributed by atoms with Gasteiger partial charge in [-0.2, -0.15) is 5.26 Å². The van der Waals surface area contributed by atoms with Gasteiger partial charge in [0.05, 0.1) is 11.6 Å². The summed E-state index contributed by atoms with van der Waals surface area (Å²) in [5, 5.41) is 15.7. The van der Waals surface area contributed by atoms with Crippen LogP contribution in [0, 0.1) is 17.2 Å². The third kappa shape index (κ3) is 4.55. The van der Waals surface area contributed by atoms with Gasteiger partial charge in [0.15, 0.2) is 0 Å². The van der Waals surface area contributed by atoms with E-state index in [0.29, 0.717) is 11.5 Å². The van der Waals surface area contributed by atoms with E-state index < -0.39 is 0 Å². The number of anilines is 1. The predicted molar refractivity (Wildman–Crippen MR) is 78.1 cm³/mol. The highest BCUT2D eigenvalue weighted by Gasteiger charge is 2.12. The summed E-state index contributed by atoms with van der Waals surface area (Å²) in [5.41, 5.74) is 1.74. The Hall–Kier alpha value is -1.57. The molecule has 0 saturated carbocycles. The molecular weight excluding hydrogens is 236 g/mol. The SMILES string of the molecule is CC(CNc1cccc(C#N)c1)CN1CCNCC1. The molecule has 1 saturated heterocycles. The molecule has 4 heteroatoms. The molecule has 0 spiro atoms. The van der Waals surface area contributed by atoms with E-state index in [1.807, 2.05) is 24.3 Å². The summed E-state index contributed by atoms with van der Waals surface area (Å²) < 4.78 is 0. The molecule has 1 fully saturated rings. The van der Waals surface area contributed by atoms with Crippen molar-refractivity contribution in [1.82, 2.24) is 10.2 Å².